The van der Waals surface area contributed by atoms with Gasteiger partial charge in [-0.15, -0.1) is 45.3 Å². The molecule has 0 N–H and O–H groups in total. The molecule has 0 saturated heterocycles. The number of nitrogens with zero attached hydrogens (tertiary/aromatic N) is 6. The number of rotatable bonds is 12. The van der Waals surface area contributed by atoms with Gasteiger partial charge in [0, 0.05) is 127 Å². The van der Waals surface area contributed by atoms with Crippen molar-refractivity contribution in [1.29, 1.82) is 0 Å². The van der Waals surface area contributed by atoms with Crippen LogP contribution in [0.15, 0.2) is 400 Å². The summed E-state index contributed by atoms with van der Waals surface area (Å²) in [4.78, 5) is 31.8. The molecule has 10 heteroatoms. The molecule has 0 amide bonds. The van der Waals surface area contributed by atoms with Gasteiger partial charge >= 0.3 is 0 Å². The number of fused-ring (bicyclic) bond motifs is 16. The lowest BCUT2D eigenvalue weighted by Crippen LogP contribution is -1.96. The molecule has 24 rings (SSSR count). The van der Waals surface area contributed by atoms with E-state index in [2.05, 4.69) is 388 Å². The largest absolute Gasteiger partial charge is 0.246 e. The molecule has 0 spiro atoms. The number of benzene rings is 16. The van der Waals surface area contributed by atoms with E-state index in [1.807, 2.05) is 57.5 Å². The molecule has 0 aliphatic heterocycles. The highest BCUT2D eigenvalue weighted by Gasteiger charge is 2.23. The smallest absolute Gasteiger partial charge is 0.160 e. The lowest BCUT2D eigenvalue weighted by atomic mass is 9.97. The van der Waals surface area contributed by atoms with Gasteiger partial charge in [0.2, 0.25) is 0 Å². The molecule has 120 heavy (non-hydrogen) atoms. The predicted molar refractivity (Wildman–Crippen MR) is 511 cm³/mol. The van der Waals surface area contributed by atoms with Crippen LogP contribution < -0.4 is 0 Å². The fourth-order valence-electron chi connectivity index (χ4n) is 17.1. The van der Waals surface area contributed by atoms with Crippen LogP contribution in [0.3, 0.4) is 0 Å². The summed E-state index contributed by atoms with van der Waals surface area (Å²) >= 11 is 7.30. The molecule has 0 unspecified atom stereocenters. The Morgan fingerprint density at radius 2 is 0.483 bits per heavy atom. The molecular weight excluding hydrogens is 1530 g/mol. The van der Waals surface area contributed by atoms with Gasteiger partial charge in [0.1, 0.15) is 0 Å². The highest BCUT2D eigenvalue weighted by atomic mass is 32.1. The summed E-state index contributed by atoms with van der Waals surface area (Å²) in [6.45, 7) is 0. The highest BCUT2D eigenvalue weighted by molar-refractivity contribution is 7.27. The van der Waals surface area contributed by atoms with Gasteiger partial charge in [-0.3, -0.25) is 0 Å². The summed E-state index contributed by atoms with van der Waals surface area (Å²) in [5.74, 6) is 1.37. The number of aromatic nitrogens is 6. The Morgan fingerprint density at radius 1 is 0.158 bits per heavy atom. The van der Waals surface area contributed by atoms with E-state index in [1.165, 1.54) is 131 Å². The average Bonchev–Trinajstić information content (AvgIpc) is 1.58. The third kappa shape index (κ3) is 12.8. The van der Waals surface area contributed by atoms with E-state index in [0.717, 1.165) is 95.1 Å². The predicted octanol–water partition coefficient (Wildman–Crippen LogP) is 31.5. The van der Waals surface area contributed by atoms with Crippen molar-refractivity contribution in [2.24, 2.45) is 0 Å². The summed E-state index contributed by atoms with van der Waals surface area (Å²) in [5.41, 5.74) is 25.3. The van der Waals surface area contributed by atoms with E-state index >= 15 is 0 Å². The van der Waals surface area contributed by atoms with Gasteiger partial charge in [-0.25, -0.2) is 29.9 Å². The van der Waals surface area contributed by atoms with E-state index < -0.39 is 0 Å². The molecule has 8 aromatic heterocycles. The van der Waals surface area contributed by atoms with Crippen molar-refractivity contribution in [2.45, 2.75) is 0 Å². The van der Waals surface area contributed by atoms with Crippen LogP contribution in [0.2, 0.25) is 0 Å². The van der Waals surface area contributed by atoms with Crippen molar-refractivity contribution < 1.29 is 0 Å². The topological polar surface area (TPSA) is 77.3 Å². The molecule has 0 saturated carbocycles. The molecule has 0 bridgehead atoms. The van der Waals surface area contributed by atoms with E-state index in [-0.39, 0.29) is 0 Å². The summed E-state index contributed by atoms with van der Waals surface area (Å²) in [6, 6.07) is 142. The summed E-state index contributed by atoms with van der Waals surface area (Å²) in [5, 5.41) is 12.5. The zero-order chi connectivity index (χ0) is 79.1. The van der Waals surface area contributed by atoms with Gasteiger partial charge in [-0.05, 0) is 117 Å². The zero-order valence-corrected chi connectivity index (χ0v) is 67.7. The lowest BCUT2D eigenvalue weighted by Gasteiger charge is -2.12. The molecule has 24 aromatic rings. The minimum absolute atomic E-state index is 0.682. The molecule has 0 aliphatic rings. The molecule has 560 valence electrons. The molecule has 8 heterocycles. The first-order valence-electron chi connectivity index (χ1n) is 40.2. The van der Waals surface area contributed by atoms with Crippen LogP contribution in [0.5, 0.6) is 0 Å². The Hall–Kier alpha value is -14.6. The van der Waals surface area contributed by atoms with Crippen LogP contribution in [0.1, 0.15) is 0 Å². The van der Waals surface area contributed by atoms with Gasteiger partial charge in [-0.2, -0.15) is 0 Å². The molecule has 6 nitrogen and oxygen atoms in total. The second-order valence-electron chi connectivity index (χ2n) is 30.3. The number of hydrogen-bond acceptors (Lipinski definition) is 10. The summed E-state index contributed by atoms with van der Waals surface area (Å²) in [6.07, 6.45) is 0. The second kappa shape index (κ2) is 29.8. The first kappa shape index (κ1) is 70.8. The molecular formula is C110H66N6S4. The Morgan fingerprint density at radius 3 is 1.02 bits per heavy atom. The second-order valence-corrected chi connectivity index (χ2v) is 34.5. The number of hydrogen-bond donors (Lipinski definition) is 0. The average molecular weight is 1600 g/mol. The minimum Gasteiger partial charge on any atom is -0.246 e. The van der Waals surface area contributed by atoms with Crippen molar-refractivity contribution in [1.82, 2.24) is 29.9 Å². The van der Waals surface area contributed by atoms with Gasteiger partial charge in [-0.1, -0.05) is 328 Å². The SMILES string of the molecule is c1ccc(-c2ccc(-c3ccc4nc(-c5cccc(-c6nc(-c7ccccc7)cc(-c7cccc8c7sc7ccccc78)n6)c5)c5sc6ccccc6c5c4c3)cc2)cc1.c1ccc(-c2ccc3nc(-c4ccc(-c5nc(-c6ccccc6)cc(-c6cccc(-c7cccc8c7sc7ccccc78)c6)n5)cc4)c4sc5ccccc5c4c3c2)cc1. The van der Waals surface area contributed by atoms with Crippen LogP contribution in [0.25, 0.3) is 237 Å². The van der Waals surface area contributed by atoms with Crippen LogP contribution in [0.4, 0.5) is 0 Å². The van der Waals surface area contributed by atoms with E-state index in [4.69, 9.17) is 29.9 Å². The van der Waals surface area contributed by atoms with Crippen LogP contribution in [-0.2, 0) is 0 Å². The van der Waals surface area contributed by atoms with Crippen LogP contribution in [0, 0.1) is 0 Å². The van der Waals surface area contributed by atoms with E-state index in [1.54, 1.807) is 0 Å². The van der Waals surface area contributed by atoms with Gasteiger partial charge in [0.25, 0.3) is 0 Å². The third-order valence-electron chi connectivity index (χ3n) is 23.0. The highest BCUT2D eigenvalue weighted by Crippen LogP contribution is 2.49. The fraction of sp³-hybridized carbons (Fsp3) is 0. The molecule has 0 radical (unpaired) electrons. The quantitative estimate of drug-likeness (QED) is 0.121. The first-order chi connectivity index (χ1) is 59.4. The Labute approximate surface area is 707 Å². The fourth-order valence-corrected chi connectivity index (χ4v) is 22.1. The Kier molecular flexibility index (Phi) is 17.6. The van der Waals surface area contributed by atoms with Crippen molar-refractivity contribution in [3.8, 4) is 135 Å². The molecule has 0 aliphatic carbocycles. The summed E-state index contributed by atoms with van der Waals surface area (Å²) < 4.78 is 9.98. The van der Waals surface area contributed by atoms with E-state index in [9.17, 15) is 0 Å². The standard InChI is InChI=1S/2C55H33N3S2/c1-3-13-34(14-4-1)35-25-27-36(28-26-35)38-29-30-46-45(32-38)51-44-20-8-10-24-50(44)60-54(51)52(56-46)39-17-11-18-40(31-39)55-57-47(37-15-5-2-6-16-37)33-48(58-55)43-22-12-21-42-41-19-7-9-23-49(41)59-53(42)43;1-3-13-34(14-4-1)38-29-30-46-45(32-38)51-44-20-8-10-24-50(44)60-54(51)52(56-46)36-25-27-37(28-26-36)55-57-47(35-15-5-2-6-16-35)33-48(58-55)40-18-11-17-39(31-40)41-21-12-22-43-42-19-7-9-23-49(42)59-53(41)43/h2*1-33H. The monoisotopic (exact) mass is 1600 g/mol. The van der Waals surface area contributed by atoms with Crippen molar-refractivity contribution >= 4 is 148 Å². The van der Waals surface area contributed by atoms with Crippen LogP contribution in [-0.4, -0.2) is 29.9 Å². The van der Waals surface area contributed by atoms with Crippen LogP contribution >= 0.6 is 45.3 Å². The van der Waals surface area contributed by atoms with Gasteiger partial charge < -0.3 is 0 Å². The minimum atomic E-state index is 0.682. The third-order valence-corrected chi connectivity index (χ3v) is 27.8. The molecule has 0 atom stereocenters. The first-order valence-corrected chi connectivity index (χ1v) is 43.4. The van der Waals surface area contributed by atoms with E-state index in [0.29, 0.717) is 11.6 Å². The number of pyridine rings is 2. The number of thiophene rings is 4. The normalized spacial score (nSPS) is 11.7. The lowest BCUT2D eigenvalue weighted by molar-refractivity contribution is 1.18. The van der Waals surface area contributed by atoms with Gasteiger partial charge in [0.05, 0.1) is 54.6 Å². The maximum atomic E-state index is 5.45. The van der Waals surface area contributed by atoms with Crippen molar-refractivity contribution in [3.63, 3.8) is 0 Å². The maximum Gasteiger partial charge on any atom is 0.160 e. The Bertz CT molecular complexity index is 8140. The zero-order valence-electron chi connectivity index (χ0n) is 64.4. The molecule has 16 aromatic carbocycles. The van der Waals surface area contributed by atoms with Gasteiger partial charge in [0.15, 0.2) is 11.6 Å². The van der Waals surface area contributed by atoms with Crippen molar-refractivity contribution in [2.75, 3.05) is 0 Å². The van der Waals surface area contributed by atoms with Crippen molar-refractivity contribution in [3.05, 3.63) is 400 Å². The maximum absolute atomic E-state index is 5.45. The Balaban J connectivity index is 0.000000140. The summed E-state index contributed by atoms with van der Waals surface area (Å²) in [7, 11) is 0. The molecule has 0 fully saturated rings.